The Morgan fingerprint density at radius 2 is 2.00 bits per heavy atom. The van der Waals surface area contributed by atoms with Crippen molar-refractivity contribution in [3.63, 3.8) is 0 Å². The van der Waals surface area contributed by atoms with Crippen LogP contribution < -0.4 is 9.64 Å². The summed E-state index contributed by atoms with van der Waals surface area (Å²) < 4.78 is 35.4. The molecule has 2 aromatic rings. The molecule has 11 heteroatoms. The molecular weight excluding hydrogens is 458 g/mol. The molecule has 188 valence electrons. The molecule has 1 N–H and O–H groups in total. The second kappa shape index (κ2) is 10.3. The highest BCUT2D eigenvalue weighted by atomic mass is 32.2. The molecule has 1 aliphatic rings. The number of hydrogen-bond acceptors (Lipinski definition) is 7. The van der Waals surface area contributed by atoms with Crippen LogP contribution in [0, 0.1) is 5.92 Å². The van der Waals surface area contributed by atoms with Crippen LogP contribution in [0.25, 0.3) is 0 Å². The summed E-state index contributed by atoms with van der Waals surface area (Å²) in [5.41, 5.74) is 1.65. The van der Waals surface area contributed by atoms with Gasteiger partial charge in [0.25, 0.3) is 10.0 Å². The smallest absolute Gasteiger partial charge is 0.261 e. The molecule has 10 nitrogen and oxygen atoms in total. The molecule has 34 heavy (non-hydrogen) atoms. The number of likely N-dealkylation sites (N-methyl/N-ethyl adjacent to an activating group) is 1. The van der Waals surface area contributed by atoms with Gasteiger partial charge >= 0.3 is 0 Å². The van der Waals surface area contributed by atoms with Gasteiger partial charge in [-0.1, -0.05) is 6.92 Å². The zero-order chi connectivity index (χ0) is 25.2. The highest BCUT2D eigenvalue weighted by Gasteiger charge is 2.34. The Balaban J connectivity index is 1.98. The van der Waals surface area contributed by atoms with E-state index < -0.39 is 16.1 Å². The van der Waals surface area contributed by atoms with Gasteiger partial charge in [-0.2, -0.15) is 4.31 Å². The summed E-state index contributed by atoms with van der Waals surface area (Å²) in [6.45, 7) is 3.97. The van der Waals surface area contributed by atoms with Gasteiger partial charge in [-0.15, -0.1) is 0 Å². The lowest BCUT2D eigenvalue weighted by Gasteiger charge is -2.33. The molecule has 0 radical (unpaired) electrons. The van der Waals surface area contributed by atoms with Crippen molar-refractivity contribution < 1.29 is 23.1 Å². The lowest BCUT2D eigenvalue weighted by atomic mass is 10.0. The number of aryl methyl sites for hydroxylation is 1. The quantitative estimate of drug-likeness (QED) is 0.612. The van der Waals surface area contributed by atoms with Gasteiger partial charge in [0, 0.05) is 58.1 Å². The minimum atomic E-state index is -3.82. The number of nitrogens with zero attached hydrogens (tertiary/aromatic N) is 5. The van der Waals surface area contributed by atoms with Crippen molar-refractivity contribution in [3.05, 3.63) is 36.3 Å². The number of rotatable bonds is 7. The minimum Gasteiger partial charge on any atom is -0.488 e. The van der Waals surface area contributed by atoms with Crippen molar-refractivity contribution in [1.82, 2.24) is 18.8 Å². The first-order valence-corrected chi connectivity index (χ1v) is 12.7. The lowest BCUT2D eigenvalue weighted by Crippen LogP contribution is -2.48. The topological polar surface area (TPSA) is 108 Å². The first-order chi connectivity index (χ1) is 15.9. The van der Waals surface area contributed by atoms with E-state index in [2.05, 4.69) is 4.98 Å². The van der Waals surface area contributed by atoms with Crippen LogP contribution in [0.4, 0.5) is 5.69 Å². The molecule has 0 saturated heterocycles. The predicted molar refractivity (Wildman–Crippen MR) is 129 cm³/mol. The first-order valence-electron chi connectivity index (χ1n) is 11.3. The number of fused-ring (bicyclic) bond motifs is 1. The second-order valence-electron chi connectivity index (χ2n) is 9.24. The molecule has 0 bridgehead atoms. The van der Waals surface area contributed by atoms with Crippen molar-refractivity contribution in [2.24, 2.45) is 13.0 Å². The number of benzene rings is 1. The van der Waals surface area contributed by atoms with Crippen molar-refractivity contribution >= 4 is 21.6 Å². The largest absolute Gasteiger partial charge is 0.488 e. The Hall–Kier alpha value is -2.63. The van der Waals surface area contributed by atoms with E-state index in [9.17, 15) is 18.3 Å². The lowest BCUT2D eigenvalue weighted by molar-refractivity contribution is -0.134. The molecule has 3 rings (SSSR count). The maximum Gasteiger partial charge on any atom is 0.261 e. The van der Waals surface area contributed by atoms with Crippen molar-refractivity contribution in [2.75, 3.05) is 45.7 Å². The van der Waals surface area contributed by atoms with Gasteiger partial charge < -0.3 is 24.2 Å². The third-order valence-electron chi connectivity index (χ3n) is 6.21. The molecule has 1 amide bonds. The van der Waals surface area contributed by atoms with E-state index >= 15 is 0 Å². The van der Waals surface area contributed by atoms with Crippen LogP contribution in [-0.4, -0.2) is 91.2 Å². The van der Waals surface area contributed by atoms with Gasteiger partial charge in [-0.05, 0) is 25.1 Å². The fourth-order valence-corrected chi connectivity index (χ4v) is 5.09. The Kier molecular flexibility index (Phi) is 7.89. The second-order valence-corrected chi connectivity index (χ2v) is 11.2. The normalized spacial score (nSPS) is 20.2. The molecule has 1 aliphatic heterocycles. The number of aliphatic hydroxyl groups is 1. The fraction of sp³-hybridized carbons (Fsp3) is 0.565. The van der Waals surface area contributed by atoms with E-state index in [1.165, 1.54) is 23.9 Å². The molecule has 0 unspecified atom stereocenters. The Morgan fingerprint density at radius 3 is 2.59 bits per heavy atom. The Bertz CT molecular complexity index is 1120. The number of ether oxygens (including phenoxy) is 1. The van der Waals surface area contributed by atoms with E-state index in [1.807, 2.05) is 44.1 Å². The number of carbonyl (C=O) groups is 1. The number of aromatic nitrogens is 2. The van der Waals surface area contributed by atoms with E-state index in [-0.39, 0.29) is 42.5 Å². The molecule has 0 spiro atoms. The van der Waals surface area contributed by atoms with Crippen molar-refractivity contribution in [1.29, 1.82) is 0 Å². The van der Waals surface area contributed by atoms with E-state index in [4.69, 9.17) is 4.74 Å². The van der Waals surface area contributed by atoms with Gasteiger partial charge in [0.2, 0.25) is 5.91 Å². The maximum atomic E-state index is 13.2. The van der Waals surface area contributed by atoms with Crippen LogP contribution in [0.3, 0.4) is 0 Å². The monoisotopic (exact) mass is 493 g/mol. The van der Waals surface area contributed by atoms with E-state index in [0.29, 0.717) is 12.3 Å². The number of aliphatic hydroxyl groups excluding tert-OH is 1. The van der Waals surface area contributed by atoms with E-state index in [0.717, 1.165) is 11.3 Å². The number of anilines is 1. The van der Waals surface area contributed by atoms with Crippen LogP contribution >= 0.6 is 0 Å². The van der Waals surface area contributed by atoms with Crippen molar-refractivity contribution in [2.45, 2.75) is 37.4 Å². The summed E-state index contributed by atoms with van der Waals surface area (Å²) in [4.78, 5) is 20.8. The Morgan fingerprint density at radius 1 is 1.29 bits per heavy atom. The number of sulfonamides is 1. The number of carbonyl (C=O) groups excluding carboxylic acids is 1. The average Bonchev–Trinajstić information content (AvgIpc) is 3.24. The summed E-state index contributed by atoms with van der Waals surface area (Å²) in [6, 6.07) is 5.28. The minimum absolute atomic E-state index is 0.0325. The molecule has 3 atom stereocenters. The van der Waals surface area contributed by atoms with Gasteiger partial charge in [-0.3, -0.25) is 4.79 Å². The van der Waals surface area contributed by atoms with Crippen LogP contribution in [0.2, 0.25) is 0 Å². The van der Waals surface area contributed by atoms with Crippen molar-refractivity contribution in [3.8, 4) is 5.75 Å². The SMILES string of the molecule is C[C@@H]1CN([C@@H](C)CO)C(=O)Cc2cc(N(C)C)ccc2O[C@@H]1CN(C)S(=O)(=O)c1cn(C)cn1. The van der Waals surface area contributed by atoms with Crippen LogP contribution in [-0.2, 0) is 28.3 Å². The number of amides is 1. The highest BCUT2D eigenvalue weighted by molar-refractivity contribution is 7.89. The standard InChI is InChI=1S/C23H35N5O5S/c1-16-11-28(17(2)14-29)23(30)10-18-9-19(25(3)4)7-8-20(18)33-21(16)12-27(6)34(31,32)22-13-26(5)15-24-22/h7-9,13,15-17,21,29H,10-12,14H2,1-6H3/t16-,17+,21-/m1/s1. The third-order valence-corrected chi connectivity index (χ3v) is 7.92. The molecule has 1 aromatic heterocycles. The average molecular weight is 494 g/mol. The predicted octanol–water partition coefficient (Wildman–Crippen LogP) is 0.956. The maximum absolute atomic E-state index is 13.2. The zero-order valence-electron chi connectivity index (χ0n) is 20.7. The number of hydrogen-bond donors (Lipinski definition) is 1. The molecule has 0 fully saturated rings. The molecule has 0 saturated carbocycles. The summed E-state index contributed by atoms with van der Waals surface area (Å²) in [7, 11) is 3.23. The first kappa shape index (κ1) is 26.0. The summed E-state index contributed by atoms with van der Waals surface area (Å²) in [5.74, 6) is 0.237. The van der Waals surface area contributed by atoms with Gasteiger partial charge in [-0.25, -0.2) is 13.4 Å². The highest BCUT2D eigenvalue weighted by Crippen LogP contribution is 2.30. The zero-order valence-corrected chi connectivity index (χ0v) is 21.5. The summed E-state index contributed by atoms with van der Waals surface area (Å²) in [6.07, 6.45) is 2.49. The third kappa shape index (κ3) is 5.53. The molecular formula is C23H35N5O5S. The summed E-state index contributed by atoms with van der Waals surface area (Å²) in [5, 5.41) is 9.72. The van der Waals surface area contributed by atoms with Gasteiger partial charge in [0.1, 0.15) is 11.9 Å². The van der Waals surface area contributed by atoms with E-state index in [1.54, 1.807) is 23.4 Å². The van der Waals surface area contributed by atoms with Gasteiger partial charge in [0.15, 0.2) is 5.03 Å². The molecule has 1 aromatic carbocycles. The van der Waals surface area contributed by atoms with Crippen LogP contribution in [0.1, 0.15) is 19.4 Å². The van der Waals surface area contributed by atoms with Gasteiger partial charge in [0.05, 0.1) is 31.9 Å². The number of imidazole rings is 1. The summed E-state index contributed by atoms with van der Waals surface area (Å²) >= 11 is 0. The fourth-order valence-electron chi connectivity index (χ4n) is 3.95. The molecule has 0 aliphatic carbocycles. The van der Waals surface area contributed by atoms with Crippen LogP contribution in [0.5, 0.6) is 5.75 Å². The van der Waals surface area contributed by atoms with Crippen LogP contribution in [0.15, 0.2) is 35.7 Å². The Labute approximate surface area is 201 Å². The molecule has 2 heterocycles.